The van der Waals surface area contributed by atoms with Crippen molar-refractivity contribution in [2.45, 2.75) is 45.6 Å². The quantitative estimate of drug-likeness (QED) is 0.736. The Labute approximate surface area is 159 Å². The van der Waals surface area contributed by atoms with Gasteiger partial charge in [0.15, 0.2) is 11.6 Å². The van der Waals surface area contributed by atoms with Crippen LogP contribution in [0.15, 0.2) is 42.7 Å². The smallest absolute Gasteiger partial charge is 0.223 e. The minimum atomic E-state index is -0.425. The number of carbonyl (C=O) groups is 3. The van der Waals surface area contributed by atoms with Crippen molar-refractivity contribution in [1.29, 1.82) is 0 Å². The Morgan fingerprint density at radius 2 is 1.96 bits per heavy atom. The molecule has 0 saturated carbocycles. The number of rotatable bonds is 6. The molecule has 1 amide bonds. The molecule has 1 aliphatic heterocycles. The van der Waals surface area contributed by atoms with Gasteiger partial charge in [-0.2, -0.15) is 0 Å². The minimum Gasteiger partial charge on any atom is -0.332 e. The Hall–Kier alpha value is -2.82. The lowest BCUT2D eigenvalue weighted by molar-refractivity contribution is -0.131. The molecule has 5 heteroatoms. The molecule has 1 aromatic heterocycles. The maximum atomic E-state index is 13.0. The van der Waals surface area contributed by atoms with E-state index in [1.165, 1.54) is 6.20 Å². The van der Waals surface area contributed by atoms with Gasteiger partial charge in [0.2, 0.25) is 5.91 Å². The SMILES string of the molecule is Cc1ccc(C)c(C(=O)C2CCCN2C(=O)CCC(=O)c2cccnc2)c1. The minimum absolute atomic E-state index is 0.000589. The standard InChI is InChI=1S/C22H24N2O3/c1-15-7-8-16(2)18(13-15)22(27)19-6-4-12-24(19)21(26)10-9-20(25)17-5-3-11-23-14-17/h3,5,7-8,11,13-14,19H,4,6,9-10,12H2,1-2H3. The molecular weight excluding hydrogens is 340 g/mol. The van der Waals surface area contributed by atoms with E-state index in [1.54, 1.807) is 23.2 Å². The van der Waals surface area contributed by atoms with E-state index in [2.05, 4.69) is 4.98 Å². The molecule has 0 aliphatic carbocycles. The van der Waals surface area contributed by atoms with Gasteiger partial charge in [-0.15, -0.1) is 0 Å². The topological polar surface area (TPSA) is 67.3 Å². The number of ketones is 2. The second-order valence-electron chi connectivity index (χ2n) is 7.09. The van der Waals surface area contributed by atoms with Crippen LogP contribution >= 0.6 is 0 Å². The number of hydrogen-bond acceptors (Lipinski definition) is 4. The predicted molar refractivity (Wildman–Crippen MR) is 103 cm³/mol. The predicted octanol–water partition coefficient (Wildman–Crippen LogP) is 3.54. The number of aromatic nitrogens is 1. The van der Waals surface area contributed by atoms with Gasteiger partial charge in [-0.05, 0) is 50.5 Å². The molecule has 1 saturated heterocycles. The normalized spacial score (nSPS) is 16.4. The Morgan fingerprint density at radius 1 is 1.15 bits per heavy atom. The fourth-order valence-corrected chi connectivity index (χ4v) is 3.55. The first-order valence-corrected chi connectivity index (χ1v) is 9.31. The van der Waals surface area contributed by atoms with E-state index in [4.69, 9.17) is 0 Å². The number of amides is 1. The van der Waals surface area contributed by atoms with E-state index in [0.29, 0.717) is 24.1 Å². The third-order valence-electron chi connectivity index (χ3n) is 5.08. The zero-order valence-electron chi connectivity index (χ0n) is 15.8. The van der Waals surface area contributed by atoms with E-state index >= 15 is 0 Å². The highest BCUT2D eigenvalue weighted by Crippen LogP contribution is 2.24. The first kappa shape index (κ1) is 19.0. The monoisotopic (exact) mass is 364 g/mol. The number of carbonyl (C=O) groups excluding carboxylic acids is 3. The van der Waals surface area contributed by atoms with Crippen molar-refractivity contribution in [3.8, 4) is 0 Å². The second-order valence-corrected chi connectivity index (χ2v) is 7.09. The van der Waals surface area contributed by atoms with Gasteiger partial charge in [-0.25, -0.2) is 0 Å². The van der Waals surface area contributed by atoms with Crippen LogP contribution in [0.3, 0.4) is 0 Å². The number of likely N-dealkylation sites (tertiary alicyclic amines) is 1. The highest BCUT2D eigenvalue weighted by Gasteiger charge is 2.34. The maximum Gasteiger partial charge on any atom is 0.223 e. The third-order valence-corrected chi connectivity index (χ3v) is 5.08. The number of Topliss-reactive ketones (excluding diaryl/α,β-unsaturated/α-hetero) is 2. The number of pyridine rings is 1. The lowest BCUT2D eigenvalue weighted by Crippen LogP contribution is -2.40. The molecule has 2 aromatic rings. The summed E-state index contributed by atoms with van der Waals surface area (Å²) < 4.78 is 0. The van der Waals surface area contributed by atoms with Gasteiger partial charge in [-0.1, -0.05) is 17.7 Å². The van der Waals surface area contributed by atoms with Crippen LogP contribution in [-0.2, 0) is 4.79 Å². The summed E-state index contributed by atoms with van der Waals surface area (Å²) in [5.74, 6) is -0.234. The molecule has 1 unspecified atom stereocenters. The largest absolute Gasteiger partial charge is 0.332 e. The first-order valence-electron chi connectivity index (χ1n) is 9.31. The first-order chi connectivity index (χ1) is 13.0. The molecule has 1 atom stereocenters. The zero-order valence-corrected chi connectivity index (χ0v) is 15.8. The van der Waals surface area contributed by atoms with Crippen LogP contribution in [0.1, 0.15) is 57.5 Å². The molecule has 1 aliphatic rings. The van der Waals surface area contributed by atoms with E-state index in [1.807, 2.05) is 32.0 Å². The molecule has 0 bridgehead atoms. The van der Waals surface area contributed by atoms with E-state index < -0.39 is 6.04 Å². The summed E-state index contributed by atoms with van der Waals surface area (Å²) in [6.45, 7) is 4.44. The zero-order chi connectivity index (χ0) is 19.4. The molecule has 5 nitrogen and oxygen atoms in total. The summed E-state index contributed by atoms with van der Waals surface area (Å²) in [4.78, 5) is 43.5. The number of benzene rings is 1. The van der Waals surface area contributed by atoms with Crippen molar-refractivity contribution < 1.29 is 14.4 Å². The van der Waals surface area contributed by atoms with Gasteiger partial charge in [0.25, 0.3) is 0 Å². The summed E-state index contributed by atoms with van der Waals surface area (Å²) in [5.41, 5.74) is 3.15. The molecule has 140 valence electrons. The third kappa shape index (κ3) is 4.30. The number of nitrogens with zero attached hydrogens (tertiary/aromatic N) is 2. The van der Waals surface area contributed by atoms with Gasteiger partial charge in [0.1, 0.15) is 0 Å². The highest BCUT2D eigenvalue weighted by atomic mass is 16.2. The van der Waals surface area contributed by atoms with Crippen LogP contribution in [0, 0.1) is 13.8 Å². The van der Waals surface area contributed by atoms with E-state index in [9.17, 15) is 14.4 Å². The van der Waals surface area contributed by atoms with Gasteiger partial charge in [0, 0.05) is 42.9 Å². The van der Waals surface area contributed by atoms with Crippen molar-refractivity contribution >= 4 is 17.5 Å². The van der Waals surface area contributed by atoms with Crippen molar-refractivity contribution in [1.82, 2.24) is 9.88 Å². The Morgan fingerprint density at radius 3 is 2.70 bits per heavy atom. The fraction of sp³-hybridized carbons (Fsp3) is 0.364. The fourth-order valence-electron chi connectivity index (χ4n) is 3.55. The van der Waals surface area contributed by atoms with Gasteiger partial charge < -0.3 is 4.90 Å². The van der Waals surface area contributed by atoms with Crippen molar-refractivity contribution in [2.24, 2.45) is 0 Å². The molecule has 0 spiro atoms. The van der Waals surface area contributed by atoms with Gasteiger partial charge >= 0.3 is 0 Å². The van der Waals surface area contributed by atoms with Crippen molar-refractivity contribution in [3.63, 3.8) is 0 Å². The lowest BCUT2D eigenvalue weighted by atomic mass is 9.96. The Kier molecular flexibility index (Phi) is 5.79. The molecule has 27 heavy (non-hydrogen) atoms. The maximum absolute atomic E-state index is 13.0. The van der Waals surface area contributed by atoms with Crippen LogP contribution in [0.4, 0.5) is 0 Å². The Balaban J connectivity index is 1.66. The van der Waals surface area contributed by atoms with Gasteiger partial charge in [0.05, 0.1) is 6.04 Å². The summed E-state index contributed by atoms with van der Waals surface area (Å²) in [6, 6.07) is 8.79. The summed E-state index contributed by atoms with van der Waals surface area (Å²) in [5, 5.41) is 0. The summed E-state index contributed by atoms with van der Waals surface area (Å²) in [6.07, 6.45) is 4.85. The van der Waals surface area contributed by atoms with Crippen molar-refractivity contribution in [3.05, 3.63) is 65.0 Å². The average Bonchev–Trinajstić information content (AvgIpc) is 3.17. The van der Waals surface area contributed by atoms with Crippen LogP contribution in [0.5, 0.6) is 0 Å². The second kappa shape index (κ2) is 8.25. The molecule has 1 aromatic carbocycles. The number of hydrogen-bond donors (Lipinski definition) is 0. The Bertz CT molecular complexity index is 861. The van der Waals surface area contributed by atoms with Crippen LogP contribution in [0.2, 0.25) is 0 Å². The molecular formula is C22H24N2O3. The lowest BCUT2D eigenvalue weighted by Gasteiger charge is -2.24. The van der Waals surface area contributed by atoms with Crippen LogP contribution < -0.4 is 0 Å². The van der Waals surface area contributed by atoms with Crippen LogP contribution in [-0.4, -0.2) is 39.9 Å². The summed E-state index contributed by atoms with van der Waals surface area (Å²) in [7, 11) is 0. The molecule has 1 fully saturated rings. The molecule has 0 N–H and O–H groups in total. The summed E-state index contributed by atoms with van der Waals surface area (Å²) >= 11 is 0. The van der Waals surface area contributed by atoms with Crippen molar-refractivity contribution in [2.75, 3.05) is 6.54 Å². The van der Waals surface area contributed by atoms with Gasteiger partial charge in [-0.3, -0.25) is 19.4 Å². The molecule has 3 rings (SSSR count). The molecule has 2 heterocycles. The van der Waals surface area contributed by atoms with Crippen LogP contribution in [0.25, 0.3) is 0 Å². The molecule has 0 radical (unpaired) electrons. The number of aryl methyl sites for hydroxylation is 2. The van der Waals surface area contributed by atoms with E-state index in [-0.39, 0.29) is 30.3 Å². The van der Waals surface area contributed by atoms with E-state index in [0.717, 1.165) is 17.5 Å². The highest BCUT2D eigenvalue weighted by molar-refractivity contribution is 6.04. The average molecular weight is 364 g/mol.